The number of aryl methyl sites for hydroxylation is 3. The predicted molar refractivity (Wildman–Crippen MR) is 86.3 cm³/mol. The Hall–Kier alpha value is -2.09. The van der Waals surface area contributed by atoms with Crippen LogP contribution in [0.15, 0.2) is 42.5 Å². The molecule has 0 atom stereocenters. The van der Waals surface area contributed by atoms with E-state index in [4.69, 9.17) is 4.74 Å². The lowest BCUT2D eigenvalue weighted by Crippen LogP contribution is -2.05. The Balaban J connectivity index is 2.20. The van der Waals surface area contributed by atoms with Gasteiger partial charge in [0.15, 0.2) is 0 Å². The van der Waals surface area contributed by atoms with Gasteiger partial charge in [0, 0.05) is 6.42 Å². The van der Waals surface area contributed by atoms with Gasteiger partial charge in [-0.2, -0.15) is 0 Å². The summed E-state index contributed by atoms with van der Waals surface area (Å²) in [7, 11) is 0. The van der Waals surface area contributed by atoms with Crippen LogP contribution >= 0.6 is 0 Å². The van der Waals surface area contributed by atoms with Gasteiger partial charge in [-0.25, -0.2) is 0 Å². The Bertz CT molecular complexity index is 609. The number of hydrogen-bond donors (Lipinski definition) is 0. The van der Waals surface area contributed by atoms with Crippen LogP contribution in [0.5, 0.6) is 0 Å². The van der Waals surface area contributed by atoms with Crippen LogP contribution in [0, 0.1) is 13.8 Å². The molecule has 2 rings (SSSR count). The molecule has 0 amide bonds. The number of hydrogen-bond acceptors (Lipinski definition) is 2. The van der Waals surface area contributed by atoms with Crippen molar-refractivity contribution in [3.05, 3.63) is 59.2 Å². The van der Waals surface area contributed by atoms with E-state index in [1.54, 1.807) is 0 Å². The van der Waals surface area contributed by atoms with Gasteiger partial charge in [-0.1, -0.05) is 42.5 Å². The fraction of sp³-hybridized carbons (Fsp3) is 0.316. The molecular formula is C19H22O2. The summed E-state index contributed by atoms with van der Waals surface area (Å²) in [5.74, 6) is -0.130. The number of benzene rings is 2. The van der Waals surface area contributed by atoms with Crippen molar-refractivity contribution in [1.82, 2.24) is 0 Å². The lowest BCUT2D eigenvalue weighted by molar-refractivity contribution is -0.143. The summed E-state index contributed by atoms with van der Waals surface area (Å²) in [6, 6.07) is 14.8. The van der Waals surface area contributed by atoms with E-state index in [2.05, 4.69) is 56.3 Å². The summed E-state index contributed by atoms with van der Waals surface area (Å²) in [6.45, 7) is 6.54. The Morgan fingerprint density at radius 2 is 1.71 bits per heavy atom. The normalized spacial score (nSPS) is 10.4. The maximum atomic E-state index is 11.5. The van der Waals surface area contributed by atoms with Gasteiger partial charge < -0.3 is 4.74 Å². The molecule has 0 aliphatic carbocycles. The van der Waals surface area contributed by atoms with Gasteiger partial charge in [-0.15, -0.1) is 0 Å². The van der Waals surface area contributed by atoms with E-state index in [0.29, 0.717) is 13.0 Å². The molecular weight excluding hydrogens is 260 g/mol. The van der Waals surface area contributed by atoms with Crippen LogP contribution < -0.4 is 0 Å². The second kappa shape index (κ2) is 7.07. The maximum absolute atomic E-state index is 11.5. The van der Waals surface area contributed by atoms with Crippen molar-refractivity contribution >= 4 is 5.97 Å². The number of ether oxygens (including phenoxy) is 1. The van der Waals surface area contributed by atoms with Crippen LogP contribution in [0.4, 0.5) is 0 Å². The molecule has 0 radical (unpaired) electrons. The first-order chi connectivity index (χ1) is 10.1. The molecule has 0 saturated carbocycles. The highest BCUT2D eigenvalue weighted by molar-refractivity contribution is 5.72. The van der Waals surface area contributed by atoms with Gasteiger partial charge in [0.1, 0.15) is 0 Å². The van der Waals surface area contributed by atoms with Gasteiger partial charge >= 0.3 is 5.97 Å². The smallest absolute Gasteiger partial charge is 0.306 e. The quantitative estimate of drug-likeness (QED) is 0.756. The van der Waals surface area contributed by atoms with Gasteiger partial charge in [0.05, 0.1) is 6.61 Å². The maximum Gasteiger partial charge on any atom is 0.306 e. The summed E-state index contributed by atoms with van der Waals surface area (Å²) in [4.78, 5) is 11.5. The van der Waals surface area contributed by atoms with Crippen LogP contribution in [0.25, 0.3) is 11.1 Å². The molecule has 0 spiro atoms. The highest BCUT2D eigenvalue weighted by Crippen LogP contribution is 2.27. The second-order valence-corrected chi connectivity index (χ2v) is 5.27. The average molecular weight is 282 g/mol. The molecule has 0 N–H and O–H groups in total. The van der Waals surface area contributed by atoms with E-state index >= 15 is 0 Å². The average Bonchev–Trinajstić information content (AvgIpc) is 2.46. The molecule has 0 fully saturated rings. The standard InChI is InChI=1S/C19H22O2/c1-4-21-18(20)12-11-16-9-6-10-17(13-16)19-14(2)7-5-8-15(19)3/h5-10,13H,4,11-12H2,1-3H3. The van der Waals surface area contributed by atoms with Crippen molar-refractivity contribution in [2.45, 2.75) is 33.6 Å². The lowest BCUT2D eigenvalue weighted by atomic mass is 9.94. The first-order valence-corrected chi connectivity index (χ1v) is 7.43. The zero-order valence-electron chi connectivity index (χ0n) is 13.0. The predicted octanol–water partition coefficient (Wildman–Crippen LogP) is 4.47. The van der Waals surface area contributed by atoms with E-state index in [1.807, 2.05) is 6.92 Å². The molecule has 21 heavy (non-hydrogen) atoms. The number of esters is 1. The topological polar surface area (TPSA) is 26.3 Å². The Labute approximate surface area is 126 Å². The molecule has 0 heterocycles. The number of rotatable bonds is 5. The van der Waals surface area contributed by atoms with Crippen molar-refractivity contribution in [3.63, 3.8) is 0 Å². The van der Waals surface area contributed by atoms with Gasteiger partial charge in [0.25, 0.3) is 0 Å². The Morgan fingerprint density at radius 3 is 2.38 bits per heavy atom. The zero-order chi connectivity index (χ0) is 15.2. The summed E-state index contributed by atoms with van der Waals surface area (Å²) in [5, 5.41) is 0. The minimum atomic E-state index is -0.130. The highest BCUT2D eigenvalue weighted by Gasteiger charge is 2.07. The van der Waals surface area contributed by atoms with Crippen molar-refractivity contribution in [2.75, 3.05) is 6.61 Å². The molecule has 0 aliphatic heterocycles. The first kappa shape index (κ1) is 15.3. The molecule has 2 aromatic carbocycles. The molecule has 110 valence electrons. The molecule has 0 bridgehead atoms. The monoisotopic (exact) mass is 282 g/mol. The second-order valence-electron chi connectivity index (χ2n) is 5.27. The van der Waals surface area contributed by atoms with Crippen molar-refractivity contribution < 1.29 is 9.53 Å². The van der Waals surface area contributed by atoms with E-state index < -0.39 is 0 Å². The molecule has 0 aliphatic rings. The van der Waals surface area contributed by atoms with Gasteiger partial charge in [-0.05, 0) is 55.0 Å². The lowest BCUT2D eigenvalue weighted by Gasteiger charge is -2.11. The Kier molecular flexibility index (Phi) is 5.15. The van der Waals surface area contributed by atoms with E-state index in [-0.39, 0.29) is 5.97 Å². The van der Waals surface area contributed by atoms with Crippen LogP contribution in [-0.2, 0) is 16.0 Å². The molecule has 0 saturated heterocycles. The van der Waals surface area contributed by atoms with Crippen LogP contribution in [0.1, 0.15) is 30.0 Å². The van der Waals surface area contributed by atoms with E-state index in [1.165, 1.54) is 27.8 Å². The summed E-state index contributed by atoms with van der Waals surface area (Å²) >= 11 is 0. The SMILES string of the molecule is CCOC(=O)CCc1cccc(-c2c(C)cccc2C)c1. The van der Waals surface area contributed by atoms with E-state index in [9.17, 15) is 4.79 Å². The fourth-order valence-electron chi connectivity index (χ4n) is 2.63. The third-order valence-corrected chi connectivity index (χ3v) is 3.62. The molecule has 2 nitrogen and oxygen atoms in total. The molecule has 2 aromatic rings. The summed E-state index contributed by atoms with van der Waals surface area (Å²) < 4.78 is 4.98. The number of carbonyl (C=O) groups is 1. The Morgan fingerprint density at radius 1 is 1.05 bits per heavy atom. The molecule has 0 aromatic heterocycles. The van der Waals surface area contributed by atoms with E-state index in [0.717, 1.165) is 6.42 Å². The van der Waals surface area contributed by atoms with Crippen LogP contribution in [0.2, 0.25) is 0 Å². The number of carbonyl (C=O) groups excluding carboxylic acids is 1. The third kappa shape index (κ3) is 3.94. The third-order valence-electron chi connectivity index (χ3n) is 3.62. The largest absolute Gasteiger partial charge is 0.466 e. The summed E-state index contributed by atoms with van der Waals surface area (Å²) in [5.41, 5.74) is 6.22. The molecule has 2 heteroatoms. The first-order valence-electron chi connectivity index (χ1n) is 7.43. The van der Waals surface area contributed by atoms with Crippen molar-refractivity contribution in [2.24, 2.45) is 0 Å². The fourth-order valence-corrected chi connectivity index (χ4v) is 2.63. The highest BCUT2D eigenvalue weighted by atomic mass is 16.5. The minimum absolute atomic E-state index is 0.130. The minimum Gasteiger partial charge on any atom is -0.466 e. The zero-order valence-corrected chi connectivity index (χ0v) is 13.0. The van der Waals surface area contributed by atoms with Crippen molar-refractivity contribution in [1.29, 1.82) is 0 Å². The molecule has 0 unspecified atom stereocenters. The van der Waals surface area contributed by atoms with Gasteiger partial charge in [-0.3, -0.25) is 4.79 Å². The summed E-state index contributed by atoms with van der Waals surface area (Å²) in [6.07, 6.45) is 1.15. The van der Waals surface area contributed by atoms with Crippen LogP contribution in [-0.4, -0.2) is 12.6 Å². The van der Waals surface area contributed by atoms with Crippen molar-refractivity contribution in [3.8, 4) is 11.1 Å². The van der Waals surface area contributed by atoms with Crippen LogP contribution in [0.3, 0.4) is 0 Å². The van der Waals surface area contributed by atoms with Gasteiger partial charge in [0.2, 0.25) is 0 Å².